The number of carboxylic acids is 2. The summed E-state index contributed by atoms with van der Waals surface area (Å²) in [6, 6.07) is 0. The molecule has 0 aromatic rings. The third kappa shape index (κ3) is 51.9. The van der Waals surface area contributed by atoms with Crippen LogP contribution in [-0.4, -0.2) is 45.6 Å². The molecule has 0 bridgehead atoms. The van der Waals surface area contributed by atoms with Gasteiger partial charge in [-0.1, -0.05) is 72.0 Å². The largest absolute Gasteiger partial charge is 0.478 e. The molecule has 4 N–H and O–H groups in total. The number of aliphatic hydroxyl groups is 2. The lowest BCUT2D eigenvalue weighted by atomic mass is 10.1. The first-order valence-electron chi connectivity index (χ1n) is 8.61. The zero-order valence-corrected chi connectivity index (χ0v) is 16.4. The summed E-state index contributed by atoms with van der Waals surface area (Å²) in [4.78, 5) is 19.2. The molecule has 0 radical (unpaired) electrons. The maximum atomic E-state index is 9.60. The van der Waals surface area contributed by atoms with E-state index in [9.17, 15) is 9.59 Å². The molecule has 6 nitrogen and oxygen atoms in total. The first kappa shape index (κ1) is 31.1. The highest BCUT2D eigenvalue weighted by molar-refractivity contribution is 5.85. The number of aliphatic carboxylic acids is 2. The number of rotatable bonds is 9. The molecule has 0 saturated carbocycles. The van der Waals surface area contributed by atoms with Crippen LogP contribution >= 0.6 is 0 Å². The van der Waals surface area contributed by atoms with Crippen LogP contribution in [0.5, 0.6) is 0 Å². The molecule has 0 aliphatic heterocycles. The maximum Gasteiger partial charge on any atom is 0.330 e. The van der Waals surface area contributed by atoms with Crippen molar-refractivity contribution in [2.45, 2.75) is 72.6 Å². The summed E-state index contributed by atoms with van der Waals surface area (Å²) in [5, 5.41) is 31.0. The van der Waals surface area contributed by atoms with Gasteiger partial charge in [-0.3, -0.25) is 0 Å². The summed E-state index contributed by atoms with van der Waals surface area (Å²) < 4.78 is 0. The SMILES string of the molecule is C=C(C)C(=O)O.C=C(C)C(=O)O.CCCCCCCCC.OCCO. The molecular formula is C19H38O6. The Bertz CT molecular complexity index is 281. The van der Waals surface area contributed by atoms with Crippen molar-refractivity contribution in [1.29, 1.82) is 0 Å². The van der Waals surface area contributed by atoms with Crippen molar-refractivity contribution >= 4 is 11.9 Å². The van der Waals surface area contributed by atoms with Gasteiger partial charge in [-0.2, -0.15) is 0 Å². The van der Waals surface area contributed by atoms with Crippen LogP contribution in [0.2, 0.25) is 0 Å². The van der Waals surface area contributed by atoms with Gasteiger partial charge in [0, 0.05) is 11.1 Å². The van der Waals surface area contributed by atoms with E-state index in [0.717, 1.165) is 0 Å². The second-order valence-corrected chi connectivity index (χ2v) is 5.39. The van der Waals surface area contributed by atoms with E-state index in [4.69, 9.17) is 20.4 Å². The van der Waals surface area contributed by atoms with Crippen LogP contribution in [0.3, 0.4) is 0 Å². The predicted octanol–water partition coefficient (Wildman–Crippen LogP) is 4.02. The Labute approximate surface area is 152 Å². The minimum absolute atomic E-state index is 0.125. The number of aliphatic hydroxyl groups excluding tert-OH is 2. The van der Waals surface area contributed by atoms with E-state index in [-0.39, 0.29) is 24.4 Å². The molecule has 0 aromatic carbocycles. The lowest BCUT2D eigenvalue weighted by molar-refractivity contribution is -0.133. The van der Waals surface area contributed by atoms with E-state index in [1.54, 1.807) is 0 Å². The molecule has 150 valence electrons. The Morgan fingerprint density at radius 2 is 0.880 bits per heavy atom. The third-order valence-corrected chi connectivity index (χ3v) is 2.54. The fourth-order valence-corrected chi connectivity index (χ4v) is 1.03. The van der Waals surface area contributed by atoms with Gasteiger partial charge in [-0.25, -0.2) is 9.59 Å². The van der Waals surface area contributed by atoms with Gasteiger partial charge in [0.2, 0.25) is 0 Å². The van der Waals surface area contributed by atoms with Crippen LogP contribution in [0.15, 0.2) is 24.3 Å². The van der Waals surface area contributed by atoms with Crippen LogP contribution in [0.4, 0.5) is 0 Å². The highest BCUT2D eigenvalue weighted by Gasteiger charge is 1.90. The molecule has 0 amide bonds. The fraction of sp³-hybridized carbons (Fsp3) is 0.684. The zero-order chi connectivity index (χ0) is 20.7. The summed E-state index contributed by atoms with van der Waals surface area (Å²) in [5.41, 5.74) is 0.352. The van der Waals surface area contributed by atoms with E-state index >= 15 is 0 Å². The van der Waals surface area contributed by atoms with Crippen LogP contribution < -0.4 is 0 Å². The van der Waals surface area contributed by atoms with Crippen molar-refractivity contribution in [1.82, 2.24) is 0 Å². The Hall–Kier alpha value is -1.66. The molecule has 0 fully saturated rings. The molecule has 6 heteroatoms. The molecule has 0 spiro atoms. The molecule has 0 saturated heterocycles. The van der Waals surface area contributed by atoms with Crippen molar-refractivity contribution in [2.75, 3.05) is 13.2 Å². The van der Waals surface area contributed by atoms with Gasteiger partial charge in [0.25, 0.3) is 0 Å². The Morgan fingerprint density at radius 3 is 1.00 bits per heavy atom. The summed E-state index contributed by atoms with van der Waals surface area (Å²) >= 11 is 0. The lowest BCUT2D eigenvalue weighted by Gasteiger charge is -1.96. The minimum atomic E-state index is -0.935. The van der Waals surface area contributed by atoms with Crippen LogP contribution in [-0.2, 0) is 9.59 Å². The van der Waals surface area contributed by atoms with E-state index in [2.05, 4.69) is 27.0 Å². The van der Waals surface area contributed by atoms with Crippen molar-refractivity contribution in [3.05, 3.63) is 24.3 Å². The average molecular weight is 363 g/mol. The van der Waals surface area contributed by atoms with E-state index in [1.165, 1.54) is 58.8 Å². The quantitative estimate of drug-likeness (QED) is 0.364. The number of unbranched alkanes of at least 4 members (excludes halogenated alkanes) is 6. The summed E-state index contributed by atoms with van der Waals surface area (Å²) in [6.45, 7) is 13.5. The lowest BCUT2D eigenvalue weighted by Crippen LogP contribution is -1.92. The molecule has 0 aliphatic carbocycles. The molecule has 0 heterocycles. The standard InChI is InChI=1S/C9H20.2C4H6O2.C2H6O2/c1-3-5-7-9-8-6-4-2;2*1-3(2)4(5)6;3-1-2-4/h3-9H2,1-2H3;2*1H2,2H3,(H,5,6);3-4H,1-2H2. The monoisotopic (exact) mass is 362 g/mol. The van der Waals surface area contributed by atoms with Gasteiger partial charge in [0.05, 0.1) is 13.2 Å². The molecule has 0 aromatic heterocycles. The normalized spacial score (nSPS) is 8.40. The van der Waals surface area contributed by atoms with E-state index < -0.39 is 11.9 Å². The molecule has 0 rings (SSSR count). The molecular weight excluding hydrogens is 324 g/mol. The van der Waals surface area contributed by atoms with Crippen LogP contribution in [0.1, 0.15) is 72.6 Å². The second-order valence-electron chi connectivity index (χ2n) is 5.39. The highest BCUT2D eigenvalue weighted by atomic mass is 16.4. The smallest absolute Gasteiger partial charge is 0.330 e. The van der Waals surface area contributed by atoms with Gasteiger partial charge in [0.15, 0.2) is 0 Å². The van der Waals surface area contributed by atoms with E-state index in [0.29, 0.717) is 0 Å². The predicted molar refractivity (Wildman–Crippen MR) is 103 cm³/mol. The number of carboxylic acid groups (broad SMARTS) is 2. The van der Waals surface area contributed by atoms with Gasteiger partial charge < -0.3 is 20.4 Å². The van der Waals surface area contributed by atoms with Crippen LogP contribution in [0.25, 0.3) is 0 Å². The molecule has 0 unspecified atom stereocenters. The summed E-state index contributed by atoms with van der Waals surface area (Å²) in [7, 11) is 0. The molecule has 0 aliphatic rings. The Balaban J connectivity index is -0.000000123. The number of hydrogen-bond acceptors (Lipinski definition) is 4. The van der Waals surface area contributed by atoms with Crippen LogP contribution in [0, 0.1) is 0 Å². The van der Waals surface area contributed by atoms with Gasteiger partial charge >= 0.3 is 11.9 Å². The van der Waals surface area contributed by atoms with Gasteiger partial charge in [-0.15, -0.1) is 0 Å². The molecule has 25 heavy (non-hydrogen) atoms. The maximum absolute atomic E-state index is 9.60. The van der Waals surface area contributed by atoms with E-state index in [1.807, 2.05) is 0 Å². The van der Waals surface area contributed by atoms with Gasteiger partial charge in [-0.05, 0) is 13.8 Å². The Kier molecular flexibility index (Phi) is 33.9. The van der Waals surface area contributed by atoms with Crippen molar-refractivity contribution in [3.63, 3.8) is 0 Å². The van der Waals surface area contributed by atoms with Crippen molar-refractivity contribution in [2.24, 2.45) is 0 Å². The fourth-order valence-electron chi connectivity index (χ4n) is 1.03. The zero-order valence-electron chi connectivity index (χ0n) is 16.4. The number of hydrogen-bond donors (Lipinski definition) is 4. The molecule has 0 atom stereocenters. The summed E-state index contributed by atoms with van der Waals surface area (Å²) in [5.74, 6) is -1.87. The van der Waals surface area contributed by atoms with Gasteiger partial charge in [0.1, 0.15) is 0 Å². The average Bonchev–Trinajstić information content (AvgIpc) is 2.56. The van der Waals surface area contributed by atoms with Crippen molar-refractivity contribution in [3.8, 4) is 0 Å². The Morgan fingerprint density at radius 1 is 0.680 bits per heavy atom. The summed E-state index contributed by atoms with van der Waals surface area (Å²) in [6.07, 6.45) is 9.97. The van der Waals surface area contributed by atoms with Crippen molar-refractivity contribution < 1.29 is 30.0 Å². The first-order valence-corrected chi connectivity index (χ1v) is 8.61. The third-order valence-electron chi connectivity index (χ3n) is 2.54. The number of carbonyl (C=O) groups is 2. The second kappa shape index (κ2) is 27.2. The topological polar surface area (TPSA) is 115 Å². The minimum Gasteiger partial charge on any atom is -0.478 e. The first-order chi connectivity index (χ1) is 11.6. The highest BCUT2D eigenvalue weighted by Crippen LogP contribution is 2.05.